The molecule has 0 aliphatic carbocycles. The van der Waals surface area contributed by atoms with Gasteiger partial charge in [0.1, 0.15) is 0 Å². The zero-order valence-electron chi connectivity index (χ0n) is 19.8. The molecule has 1 fully saturated rings. The highest BCUT2D eigenvalue weighted by Crippen LogP contribution is 2.24. The normalized spacial score (nSPS) is 20.2. The van der Waals surface area contributed by atoms with Crippen LogP contribution in [0.5, 0.6) is 0 Å². The molecular formula is C27H33N3O3S. The Kier molecular flexibility index (Phi) is 7.66. The predicted octanol–water partition coefficient (Wildman–Crippen LogP) is 4.18. The third-order valence-electron chi connectivity index (χ3n) is 6.74. The van der Waals surface area contributed by atoms with E-state index in [9.17, 15) is 13.2 Å². The Labute approximate surface area is 202 Å². The standard InChI is InChI=1S/C27H33N3O3S/c1-20-10-8-11-21(2)30(20)19-24(29-27(31)23-13-4-3-5-14-23)18-28-34(32,33)26-17-9-15-22-12-6-7-16-25(22)26/h3-7,9,12-17,20-21,24,28H,8,10-11,18-19H2,1-2H3,(H,29,31)/t20-,21+,24-/m0/s1. The van der Waals surface area contributed by atoms with Crippen molar-refractivity contribution in [3.05, 3.63) is 78.4 Å². The molecule has 3 atom stereocenters. The maximum atomic E-state index is 13.3. The van der Waals surface area contributed by atoms with Crippen molar-refractivity contribution in [2.75, 3.05) is 13.1 Å². The van der Waals surface area contributed by atoms with E-state index in [1.165, 1.54) is 6.42 Å². The molecule has 0 radical (unpaired) electrons. The van der Waals surface area contributed by atoms with Crippen LogP contribution in [0, 0.1) is 0 Å². The van der Waals surface area contributed by atoms with Crippen molar-refractivity contribution in [2.45, 2.75) is 56.1 Å². The molecule has 0 bridgehead atoms. The lowest BCUT2D eigenvalue weighted by atomic mass is 9.97. The van der Waals surface area contributed by atoms with Crippen LogP contribution in [0.4, 0.5) is 0 Å². The average Bonchev–Trinajstić information content (AvgIpc) is 2.85. The molecule has 0 spiro atoms. The van der Waals surface area contributed by atoms with Gasteiger partial charge in [0, 0.05) is 36.1 Å². The molecule has 0 aromatic heterocycles. The van der Waals surface area contributed by atoms with E-state index >= 15 is 0 Å². The second kappa shape index (κ2) is 10.7. The van der Waals surface area contributed by atoms with Gasteiger partial charge in [-0.25, -0.2) is 13.1 Å². The lowest BCUT2D eigenvalue weighted by Gasteiger charge is -2.41. The van der Waals surface area contributed by atoms with E-state index in [0.29, 0.717) is 29.6 Å². The molecule has 1 heterocycles. The molecule has 2 N–H and O–H groups in total. The molecular weight excluding hydrogens is 446 g/mol. The number of likely N-dealkylation sites (tertiary alicyclic amines) is 1. The summed E-state index contributed by atoms with van der Waals surface area (Å²) >= 11 is 0. The fraction of sp³-hybridized carbons (Fsp3) is 0.370. The highest BCUT2D eigenvalue weighted by atomic mass is 32.2. The second-order valence-corrected chi connectivity index (χ2v) is 10.9. The van der Waals surface area contributed by atoms with Gasteiger partial charge in [0.25, 0.3) is 5.91 Å². The molecule has 6 nitrogen and oxygen atoms in total. The van der Waals surface area contributed by atoms with Gasteiger partial charge < -0.3 is 5.32 Å². The minimum absolute atomic E-state index is 0.111. The number of nitrogens with zero attached hydrogens (tertiary/aromatic N) is 1. The van der Waals surface area contributed by atoms with Crippen LogP contribution in [0.25, 0.3) is 10.8 Å². The first kappa shape index (κ1) is 24.4. The molecule has 4 rings (SSSR count). The van der Waals surface area contributed by atoms with Gasteiger partial charge >= 0.3 is 0 Å². The Balaban J connectivity index is 1.55. The first-order valence-corrected chi connectivity index (χ1v) is 13.4. The summed E-state index contributed by atoms with van der Waals surface area (Å²) in [6, 6.07) is 22.1. The van der Waals surface area contributed by atoms with Crippen LogP contribution < -0.4 is 10.0 Å². The fourth-order valence-corrected chi connectivity index (χ4v) is 6.14. The molecule has 0 unspecified atom stereocenters. The van der Waals surface area contributed by atoms with Crippen LogP contribution in [0.1, 0.15) is 43.5 Å². The van der Waals surface area contributed by atoms with Gasteiger partial charge in [-0.05, 0) is 50.3 Å². The lowest BCUT2D eigenvalue weighted by Crippen LogP contribution is -2.54. The molecule has 180 valence electrons. The number of hydrogen-bond acceptors (Lipinski definition) is 4. The average molecular weight is 480 g/mol. The van der Waals surface area contributed by atoms with Gasteiger partial charge in [-0.2, -0.15) is 0 Å². The Morgan fingerprint density at radius 2 is 1.59 bits per heavy atom. The topological polar surface area (TPSA) is 78.5 Å². The van der Waals surface area contributed by atoms with E-state index in [4.69, 9.17) is 0 Å². The van der Waals surface area contributed by atoms with Crippen molar-refractivity contribution in [1.29, 1.82) is 0 Å². The number of benzene rings is 3. The number of carbonyl (C=O) groups excluding carboxylic acids is 1. The van der Waals surface area contributed by atoms with Crippen LogP contribution in [0.3, 0.4) is 0 Å². The maximum absolute atomic E-state index is 13.3. The Hall–Kier alpha value is -2.74. The molecule has 1 aliphatic heterocycles. The van der Waals surface area contributed by atoms with Crippen LogP contribution in [0.2, 0.25) is 0 Å². The third-order valence-corrected chi connectivity index (χ3v) is 8.22. The molecule has 34 heavy (non-hydrogen) atoms. The Bertz CT molecular complexity index is 1210. The van der Waals surface area contributed by atoms with E-state index in [1.807, 2.05) is 48.5 Å². The number of rotatable bonds is 8. The van der Waals surface area contributed by atoms with Crippen LogP contribution in [0.15, 0.2) is 77.7 Å². The zero-order chi connectivity index (χ0) is 24.1. The second-order valence-electron chi connectivity index (χ2n) is 9.19. The molecule has 1 amide bonds. The highest BCUT2D eigenvalue weighted by Gasteiger charge is 2.29. The first-order chi connectivity index (χ1) is 16.3. The van der Waals surface area contributed by atoms with Gasteiger partial charge in [-0.3, -0.25) is 9.69 Å². The first-order valence-electron chi connectivity index (χ1n) is 11.9. The van der Waals surface area contributed by atoms with Crippen molar-refractivity contribution in [1.82, 2.24) is 14.9 Å². The lowest BCUT2D eigenvalue weighted by molar-refractivity contribution is 0.0799. The van der Waals surface area contributed by atoms with Crippen molar-refractivity contribution in [3.8, 4) is 0 Å². The summed E-state index contributed by atoms with van der Waals surface area (Å²) in [4.78, 5) is 15.6. The van der Waals surface area contributed by atoms with Gasteiger partial charge in [0.2, 0.25) is 10.0 Å². The molecule has 3 aromatic carbocycles. The van der Waals surface area contributed by atoms with Crippen LogP contribution >= 0.6 is 0 Å². The molecule has 1 aliphatic rings. The number of amides is 1. The zero-order valence-corrected chi connectivity index (χ0v) is 20.6. The number of fused-ring (bicyclic) bond motifs is 1. The molecule has 0 saturated carbocycles. The van der Waals surface area contributed by atoms with Crippen LogP contribution in [-0.2, 0) is 10.0 Å². The van der Waals surface area contributed by atoms with Crippen molar-refractivity contribution in [2.24, 2.45) is 0 Å². The molecule has 3 aromatic rings. The van der Waals surface area contributed by atoms with Gasteiger partial charge in [0.05, 0.1) is 10.9 Å². The Morgan fingerprint density at radius 3 is 2.32 bits per heavy atom. The Morgan fingerprint density at radius 1 is 0.941 bits per heavy atom. The fourth-order valence-electron chi connectivity index (χ4n) is 4.83. The van der Waals surface area contributed by atoms with Crippen LogP contribution in [-0.4, -0.2) is 50.4 Å². The summed E-state index contributed by atoms with van der Waals surface area (Å²) in [5.74, 6) is -0.202. The minimum atomic E-state index is -3.77. The van der Waals surface area contributed by atoms with E-state index in [0.717, 1.165) is 18.2 Å². The number of sulfonamides is 1. The molecule has 1 saturated heterocycles. The number of hydrogen-bond donors (Lipinski definition) is 2. The van der Waals surface area contributed by atoms with E-state index in [1.54, 1.807) is 24.3 Å². The number of piperidine rings is 1. The van der Waals surface area contributed by atoms with E-state index in [-0.39, 0.29) is 23.4 Å². The van der Waals surface area contributed by atoms with E-state index < -0.39 is 10.0 Å². The van der Waals surface area contributed by atoms with Gasteiger partial charge in [-0.1, -0.05) is 61.0 Å². The van der Waals surface area contributed by atoms with Crippen molar-refractivity contribution in [3.63, 3.8) is 0 Å². The largest absolute Gasteiger partial charge is 0.347 e. The summed E-state index contributed by atoms with van der Waals surface area (Å²) in [6.07, 6.45) is 3.39. The smallest absolute Gasteiger partial charge is 0.251 e. The summed E-state index contributed by atoms with van der Waals surface area (Å²) < 4.78 is 29.4. The summed E-state index contributed by atoms with van der Waals surface area (Å²) in [5.41, 5.74) is 0.559. The molecule has 7 heteroatoms. The summed E-state index contributed by atoms with van der Waals surface area (Å²) in [5, 5.41) is 4.63. The summed E-state index contributed by atoms with van der Waals surface area (Å²) in [6.45, 7) is 5.09. The summed E-state index contributed by atoms with van der Waals surface area (Å²) in [7, 11) is -3.77. The quantitative estimate of drug-likeness (QED) is 0.508. The number of nitrogens with one attached hydrogen (secondary N) is 2. The number of carbonyl (C=O) groups is 1. The van der Waals surface area contributed by atoms with Gasteiger partial charge in [0.15, 0.2) is 0 Å². The van der Waals surface area contributed by atoms with Crippen molar-refractivity contribution < 1.29 is 13.2 Å². The predicted molar refractivity (Wildman–Crippen MR) is 136 cm³/mol. The van der Waals surface area contributed by atoms with Gasteiger partial charge in [-0.15, -0.1) is 0 Å². The van der Waals surface area contributed by atoms with Crippen molar-refractivity contribution >= 4 is 26.7 Å². The third kappa shape index (κ3) is 5.66. The minimum Gasteiger partial charge on any atom is -0.347 e. The van der Waals surface area contributed by atoms with E-state index in [2.05, 4.69) is 28.8 Å². The highest BCUT2D eigenvalue weighted by molar-refractivity contribution is 7.89. The monoisotopic (exact) mass is 479 g/mol. The maximum Gasteiger partial charge on any atom is 0.251 e. The SMILES string of the molecule is C[C@@H]1CCC[C@H](C)N1C[C@H](CNS(=O)(=O)c1cccc2ccccc12)NC(=O)c1ccccc1.